The van der Waals surface area contributed by atoms with Gasteiger partial charge in [-0.15, -0.1) is 0 Å². The number of ketones is 1. The van der Waals surface area contributed by atoms with E-state index in [1.807, 2.05) is 18.3 Å². The smallest absolute Gasteiger partial charge is 0.141 e. The Morgan fingerprint density at radius 2 is 2.07 bits per heavy atom. The molecule has 1 atom stereocenters. The van der Waals surface area contributed by atoms with E-state index in [2.05, 4.69) is 36.7 Å². The van der Waals surface area contributed by atoms with Gasteiger partial charge in [-0.25, -0.2) is 15.0 Å². The molecule has 1 unspecified atom stereocenters. The van der Waals surface area contributed by atoms with Gasteiger partial charge in [-0.2, -0.15) is 0 Å². The minimum absolute atomic E-state index is 0.273. The highest BCUT2D eigenvalue weighted by Crippen LogP contribution is 2.36. The summed E-state index contributed by atoms with van der Waals surface area (Å²) in [6.07, 6.45) is 5.55. The third-order valence-electron chi connectivity index (χ3n) is 5.77. The van der Waals surface area contributed by atoms with Crippen LogP contribution in [0.2, 0.25) is 5.15 Å². The molecule has 0 spiro atoms. The first-order valence-electron chi connectivity index (χ1n) is 9.60. The predicted molar refractivity (Wildman–Crippen MR) is 109 cm³/mol. The zero-order valence-electron chi connectivity index (χ0n) is 15.7. The summed E-state index contributed by atoms with van der Waals surface area (Å²) in [5.74, 6) is 1.29. The molecule has 0 aliphatic carbocycles. The first kappa shape index (κ1) is 17.4. The minimum Gasteiger partial charge on any atom is -0.363 e. The first-order chi connectivity index (χ1) is 13.6. The van der Waals surface area contributed by atoms with Crippen LogP contribution >= 0.6 is 11.6 Å². The normalized spacial score (nSPS) is 19.9. The molecule has 1 saturated heterocycles. The van der Waals surface area contributed by atoms with Crippen molar-refractivity contribution in [2.75, 3.05) is 22.9 Å². The minimum atomic E-state index is 0.273. The van der Waals surface area contributed by atoms with Crippen molar-refractivity contribution in [1.82, 2.24) is 19.9 Å². The van der Waals surface area contributed by atoms with Crippen molar-refractivity contribution in [2.45, 2.75) is 38.8 Å². The molecule has 5 rings (SSSR count). The number of halogens is 1. The number of nitrogens with one attached hydrogen (secondary N) is 1. The number of carbonyl (C=O) groups excluding carboxylic acids is 1. The molecule has 3 aromatic heterocycles. The van der Waals surface area contributed by atoms with Gasteiger partial charge in [-0.05, 0) is 19.1 Å². The lowest BCUT2D eigenvalue weighted by atomic mass is 9.98. The van der Waals surface area contributed by atoms with Crippen molar-refractivity contribution < 1.29 is 4.79 Å². The van der Waals surface area contributed by atoms with Gasteiger partial charge in [-0.3, -0.25) is 4.79 Å². The van der Waals surface area contributed by atoms with Crippen LogP contribution in [0.15, 0.2) is 24.7 Å². The molecular weight excluding hydrogens is 376 g/mol. The Balaban J connectivity index is 1.55. The van der Waals surface area contributed by atoms with Crippen LogP contribution in [0.1, 0.15) is 31.0 Å². The molecule has 1 fully saturated rings. The molecule has 0 aromatic carbocycles. The summed E-state index contributed by atoms with van der Waals surface area (Å²) in [4.78, 5) is 32.9. The topological polar surface area (TPSA) is 78.0 Å². The van der Waals surface area contributed by atoms with Crippen LogP contribution in [-0.2, 0) is 17.8 Å². The SMILES string of the molecule is CC1Cc2ncnc(N3CCC(=O)CC3)c2CN1c1cc(Cl)nc2[nH]ccc12. The Morgan fingerprint density at radius 3 is 2.89 bits per heavy atom. The average molecular weight is 397 g/mol. The highest BCUT2D eigenvalue weighted by molar-refractivity contribution is 6.30. The number of piperidine rings is 1. The molecule has 8 heteroatoms. The fraction of sp³-hybridized carbons (Fsp3) is 0.400. The van der Waals surface area contributed by atoms with Crippen molar-refractivity contribution in [3.8, 4) is 0 Å². The lowest BCUT2D eigenvalue weighted by molar-refractivity contribution is -0.119. The molecular formula is C20H21ClN6O. The van der Waals surface area contributed by atoms with E-state index in [-0.39, 0.29) is 6.04 Å². The number of pyridine rings is 1. The number of H-pyrrole nitrogens is 1. The largest absolute Gasteiger partial charge is 0.363 e. The number of rotatable bonds is 2. The van der Waals surface area contributed by atoms with Crippen LogP contribution < -0.4 is 9.80 Å². The lowest BCUT2D eigenvalue weighted by Gasteiger charge is -2.38. The molecule has 28 heavy (non-hydrogen) atoms. The maximum absolute atomic E-state index is 11.7. The van der Waals surface area contributed by atoms with Gasteiger partial charge >= 0.3 is 0 Å². The van der Waals surface area contributed by atoms with E-state index in [1.165, 1.54) is 0 Å². The van der Waals surface area contributed by atoms with Crippen LogP contribution in [0.4, 0.5) is 11.5 Å². The summed E-state index contributed by atoms with van der Waals surface area (Å²) in [6, 6.07) is 4.24. The molecule has 0 saturated carbocycles. The second-order valence-electron chi connectivity index (χ2n) is 7.53. The highest BCUT2D eigenvalue weighted by atomic mass is 35.5. The zero-order valence-corrected chi connectivity index (χ0v) is 16.4. The number of fused-ring (bicyclic) bond motifs is 2. The van der Waals surface area contributed by atoms with E-state index in [9.17, 15) is 4.79 Å². The average Bonchev–Trinajstić information content (AvgIpc) is 3.15. The number of anilines is 2. The van der Waals surface area contributed by atoms with E-state index >= 15 is 0 Å². The lowest BCUT2D eigenvalue weighted by Crippen LogP contribution is -2.41. The van der Waals surface area contributed by atoms with Gasteiger partial charge in [0.25, 0.3) is 0 Å². The molecule has 2 aliphatic heterocycles. The monoisotopic (exact) mass is 396 g/mol. The molecule has 0 radical (unpaired) electrons. The van der Waals surface area contributed by atoms with E-state index in [0.717, 1.165) is 53.3 Å². The van der Waals surface area contributed by atoms with Crippen molar-refractivity contribution in [3.63, 3.8) is 0 Å². The first-order valence-corrected chi connectivity index (χ1v) is 9.97. The maximum atomic E-state index is 11.7. The number of Topliss-reactive ketones (excluding diaryl/α,β-unsaturated/α-hetero) is 1. The summed E-state index contributed by atoms with van der Waals surface area (Å²) >= 11 is 6.29. The van der Waals surface area contributed by atoms with Crippen molar-refractivity contribution in [1.29, 1.82) is 0 Å². The number of aromatic nitrogens is 4. The molecule has 0 bridgehead atoms. The second-order valence-corrected chi connectivity index (χ2v) is 7.92. The van der Waals surface area contributed by atoms with Crippen LogP contribution in [-0.4, -0.2) is 44.9 Å². The van der Waals surface area contributed by atoms with Crippen molar-refractivity contribution in [3.05, 3.63) is 41.1 Å². The van der Waals surface area contributed by atoms with Crippen LogP contribution in [0.3, 0.4) is 0 Å². The van der Waals surface area contributed by atoms with E-state index in [4.69, 9.17) is 11.6 Å². The van der Waals surface area contributed by atoms with Crippen molar-refractivity contribution >= 4 is 39.9 Å². The Kier molecular flexibility index (Phi) is 4.19. The van der Waals surface area contributed by atoms with E-state index < -0.39 is 0 Å². The second kappa shape index (κ2) is 6.74. The summed E-state index contributed by atoms with van der Waals surface area (Å²) in [5.41, 5.74) is 4.10. The Morgan fingerprint density at radius 1 is 1.25 bits per heavy atom. The zero-order chi connectivity index (χ0) is 19.3. The maximum Gasteiger partial charge on any atom is 0.141 e. The fourth-order valence-corrected chi connectivity index (χ4v) is 4.47. The number of nitrogens with zero attached hydrogens (tertiary/aromatic N) is 5. The third kappa shape index (κ3) is 2.90. The van der Waals surface area contributed by atoms with E-state index in [0.29, 0.717) is 30.3 Å². The Bertz CT molecular complexity index is 1050. The van der Waals surface area contributed by atoms with Crippen molar-refractivity contribution in [2.24, 2.45) is 0 Å². The van der Waals surface area contributed by atoms with Crippen LogP contribution in [0, 0.1) is 0 Å². The summed E-state index contributed by atoms with van der Waals surface area (Å²) < 4.78 is 0. The molecule has 144 valence electrons. The van der Waals surface area contributed by atoms with Gasteiger partial charge in [0.1, 0.15) is 28.7 Å². The van der Waals surface area contributed by atoms with Gasteiger partial charge < -0.3 is 14.8 Å². The summed E-state index contributed by atoms with van der Waals surface area (Å²) in [6.45, 7) is 4.36. The Hall–Kier alpha value is -2.67. The number of carbonyl (C=O) groups is 1. The number of hydrogen-bond donors (Lipinski definition) is 1. The van der Waals surface area contributed by atoms with E-state index in [1.54, 1.807) is 6.33 Å². The van der Waals surface area contributed by atoms with Gasteiger partial charge in [-0.1, -0.05) is 11.6 Å². The van der Waals surface area contributed by atoms with Gasteiger partial charge in [0.2, 0.25) is 0 Å². The summed E-state index contributed by atoms with van der Waals surface area (Å²) in [5, 5.41) is 1.53. The molecule has 1 N–H and O–H groups in total. The van der Waals surface area contributed by atoms with Crippen LogP contribution in [0.5, 0.6) is 0 Å². The standard InChI is InChI=1S/C20H21ClN6O/c1-12-8-16-15(20(24-11-23-16)26-6-3-13(28)4-7-26)10-27(12)17-9-18(21)25-19-14(17)2-5-22-19/h2,5,9,11-12H,3-4,6-8,10H2,1H3,(H,22,25). The highest BCUT2D eigenvalue weighted by Gasteiger charge is 2.30. The molecule has 3 aromatic rings. The Labute approximate surface area is 167 Å². The molecule has 5 heterocycles. The number of hydrogen-bond acceptors (Lipinski definition) is 6. The van der Waals surface area contributed by atoms with Gasteiger partial charge in [0.15, 0.2) is 0 Å². The van der Waals surface area contributed by atoms with Gasteiger partial charge in [0, 0.05) is 62.1 Å². The predicted octanol–water partition coefficient (Wildman–Crippen LogP) is 3.13. The van der Waals surface area contributed by atoms with Gasteiger partial charge in [0.05, 0.1) is 11.4 Å². The summed E-state index contributed by atoms with van der Waals surface area (Å²) in [7, 11) is 0. The number of aromatic amines is 1. The third-order valence-corrected chi connectivity index (χ3v) is 5.96. The molecule has 0 amide bonds. The molecule has 2 aliphatic rings. The molecule has 7 nitrogen and oxygen atoms in total. The quantitative estimate of drug-likeness (QED) is 0.670. The fourth-order valence-electron chi connectivity index (χ4n) is 4.28. The van der Waals surface area contributed by atoms with Crippen LogP contribution in [0.25, 0.3) is 11.0 Å².